The first-order valence-corrected chi connectivity index (χ1v) is 11.3. The predicted octanol–water partition coefficient (Wildman–Crippen LogP) is 5.43. The zero-order chi connectivity index (χ0) is 21.9. The van der Waals surface area contributed by atoms with Crippen molar-refractivity contribution >= 4 is 50.5 Å². The molecule has 0 heterocycles. The first kappa shape index (κ1) is 22.0. The number of hydrogen-bond acceptors (Lipinski definition) is 4. The molecule has 3 aromatic rings. The fourth-order valence-corrected chi connectivity index (χ4v) is 3.55. The molecule has 0 aliphatic heterocycles. The summed E-state index contributed by atoms with van der Waals surface area (Å²) in [6.07, 6.45) is 1.05. The molecule has 0 bridgehead atoms. The summed E-state index contributed by atoms with van der Waals surface area (Å²) in [5.74, 6) is 0.523. The van der Waals surface area contributed by atoms with E-state index in [1.807, 2.05) is 18.2 Å². The predicted molar refractivity (Wildman–Crippen MR) is 121 cm³/mol. The van der Waals surface area contributed by atoms with Crippen LogP contribution in [0.3, 0.4) is 0 Å². The third-order valence-corrected chi connectivity index (χ3v) is 5.95. The number of nitrogens with one attached hydrogen (secondary N) is 1. The van der Waals surface area contributed by atoms with E-state index in [1.165, 1.54) is 25.2 Å². The van der Waals surface area contributed by atoms with E-state index in [0.29, 0.717) is 22.2 Å². The van der Waals surface area contributed by atoms with E-state index in [9.17, 15) is 13.2 Å². The van der Waals surface area contributed by atoms with Crippen LogP contribution in [0.1, 0.15) is 10.4 Å². The molecule has 1 amide bonds. The smallest absolute Gasteiger partial charge is 0.255 e. The molecule has 0 aliphatic rings. The Kier molecular flexibility index (Phi) is 6.55. The maximum atomic E-state index is 12.8. The molecule has 0 aromatic heterocycles. The van der Waals surface area contributed by atoms with Gasteiger partial charge < -0.3 is 10.1 Å². The van der Waals surface area contributed by atoms with Crippen LogP contribution in [-0.2, 0) is 10.0 Å². The first-order valence-electron chi connectivity index (χ1n) is 8.72. The number of carbonyl (C=O) groups is 1. The highest BCUT2D eigenvalue weighted by atomic mass is 35.5. The summed E-state index contributed by atoms with van der Waals surface area (Å²) < 4.78 is 30.5. The summed E-state index contributed by atoms with van der Waals surface area (Å²) in [6.45, 7) is 0. The molecule has 0 aliphatic carbocycles. The van der Waals surface area contributed by atoms with E-state index in [2.05, 4.69) is 5.32 Å². The van der Waals surface area contributed by atoms with Gasteiger partial charge in [0.1, 0.15) is 5.75 Å². The molecule has 1 N–H and O–H groups in total. The molecule has 6 nitrogen and oxygen atoms in total. The summed E-state index contributed by atoms with van der Waals surface area (Å²) >= 11 is 12.2. The van der Waals surface area contributed by atoms with E-state index in [4.69, 9.17) is 27.9 Å². The van der Waals surface area contributed by atoms with Crippen molar-refractivity contribution in [2.45, 2.75) is 0 Å². The lowest BCUT2D eigenvalue weighted by Gasteiger charge is -2.19. The van der Waals surface area contributed by atoms with Crippen LogP contribution in [0.2, 0.25) is 10.0 Å². The number of halogens is 2. The van der Waals surface area contributed by atoms with Gasteiger partial charge in [0, 0.05) is 17.6 Å². The number of nitrogens with zero attached hydrogens (tertiary/aromatic N) is 1. The number of benzene rings is 3. The van der Waals surface area contributed by atoms with Crippen LogP contribution < -0.4 is 14.4 Å². The Morgan fingerprint density at radius 1 is 1.00 bits per heavy atom. The second-order valence-electron chi connectivity index (χ2n) is 6.41. The minimum Gasteiger partial charge on any atom is -0.455 e. The van der Waals surface area contributed by atoms with Crippen LogP contribution >= 0.6 is 23.2 Å². The molecule has 0 radical (unpaired) electrons. The molecule has 0 fully saturated rings. The van der Waals surface area contributed by atoms with Crippen molar-refractivity contribution in [3.63, 3.8) is 0 Å². The number of para-hydroxylation sites is 1. The average Bonchev–Trinajstić information content (AvgIpc) is 2.70. The first-order chi connectivity index (χ1) is 14.1. The maximum absolute atomic E-state index is 12.8. The highest BCUT2D eigenvalue weighted by Crippen LogP contribution is 2.33. The van der Waals surface area contributed by atoms with Gasteiger partial charge in [0.25, 0.3) is 5.91 Å². The number of sulfonamides is 1. The van der Waals surface area contributed by atoms with Crippen LogP contribution in [0.15, 0.2) is 66.7 Å². The van der Waals surface area contributed by atoms with Gasteiger partial charge >= 0.3 is 0 Å². The summed E-state index contributed by atoms with van der Waals surface area (Å²) in [7, 11) is -2.18. The van der Waals surface area contributed by atoms with Crippen LogP contribution in [0.25, 0.3) is 0 Å². The van der Waals surface area contributed by atoms with Gasteiger partial charge in [0.15, 0.2) is 5.75 Å². The van der Waals surface area contributed by atoms with Gasteiger partial charge in [-0.3, -0.25) is 9.10 Å². The Morgan fingerprint density at radius 2 is 1.70 bits per heavy atom. The van der Waals surface area contributed by atoms with Crippen LogP contribution in [-0.4, -0.2) is 27.6 Å². The molecule has 3 aromatic carbocycles. The quantitative estimate of drug-likeness (QED) is 0.527. The standard InChI is InChI=1S/C21H18Cl2N2O4S/c1-25(30(2,27)28)19-12-14(8-10-17(19)23)21(26)24-18-13-15(22)9-11-20(18)29-16-6-4-3-5-7-16/h3-13H,1-2H3,(H,24,26). The van der Waals surface area contributed by atoms with E-state index < -0.39 is 15.9 Å². The van der Waals surface area contributed by atoms with Gasteiger partial charge in [-0.1, -0.05) is 41.4 Å². The molecule has 0 saturated carbocycles. The van der Waals surface area contributed by atoms with E-state index in [0.717, 1.165) is 10.6 Å². The molecular weight excluding hydrogens is 447 g/mol. The third-order valence-electron chi connectivity index (χ3n) is 4.21. The SMILES string of the molecule is CN(c1cc(C(=O)Nc2cc(Cl)ccc2Oc2ccccc2)ccc1Cl)S(C)(=O)=O. The Hall–Kier alpha value is -2.74. The molecule has 30 heavy (non-hydrogen) atoms. The Bertz CT molecular complexity index is 1180. The van der Waals surface area contributed by atoms with Crippen LogP contribution in [0, 0.1) is 0 Å². The monoisotopic (exact) mass is 464 g/mol. The molecule has 0 saturated heterocycles. The Labute approximate surface area is 185 Å². The van der Waals surface area contributed by atoms with E-state index in [1.54, 1.807) is 30.3 Å². The van der Waals surface area contributed by atoms with Gasteiger partial charge in [-0.2, -0.15) is 0 Å². The lowest BCUT2D eigenvalue weighted by atomic mass is 10.1. The second-order valence-corrected chi connectivity index (χ2v) is 9.26. The van der Waals surface area contributed by atoms with Crippen LogP contribution in [0.4, 0.5) is 11.4 Å². The maximum Gasteiger partial charge on any atom is 0.255 e. The number of hydrogen-bond donors (Lipinski definition) is 1. The fourth-order valence-electron chi connectivity index (χ4n) is 2.57. The highest BCUT2D eigenvalue weighted by Gasteiger charge is 2.18. The third kappa shape index (κ3) is 5.24. The van der Waals surface area contributed by atoms with Crippen LogP contribution in [0.5, 0.6) is 11.5 Å². The number of anilines is 2. The molecular formula is C21H18Cl2N2O4S. The Morgan fingerprint density at radius 3 is 2.37 bits per heavy atom. The molecule has 9 heteroatoms. The highest BCUT2D eigenvalue weighted by molar-refractivity contribution is 7.92. The lowest BCUT2D eigenvalue weighted by molar-refractivity contribution is 0.102. The number of amides is 1. The van der Waals surface area contributed by atoms with Crippen molar-refractivity contribution in [2.24, 2.45) is 0 Å². The van der Waals surface area contributed by atoms with Gasteiger partial charge in [-0.05, 0) is 48.5 Å². The summed E-state index contributed by atoms with van der Waals surface area (Å²) in [4.78, 5) is 12.8. The van der Waals surface area contributed by atoms with Crippen molar-refractivity contribution in [1.29, 1.82) is 0 Å². The number of ether oxygens (including phenoxy) is 1. The van der Waals surface area contributed by atoms with Gasteiger partial charge in [0.05, 0.1) is 22.7 Å². The van der Waals surface area contributed by atoms with Gasteiger partial charge in [-0.25, -0.2) is 8.42 Å². The van der Waals surface area contributed by atoms with Gasteiger partial charge in [0.2, 0.25) is 10.0 Å². The van der Waals surface area contributed by atoms with Crippen molar-refractivity contribution < 1.29 is 17.9 Å². The minimum atomic E-state index is -3.55. The van der Waals surface area contributed by atoms with E-state index in [-0.39, 0.29) is 16.3 Å². The fraction of sp³-hybridized carbons (Fsp3) is 0.0952. The molecule has 0 spiro atoms. The zero-order valence-electron chi connectivity index (χ0n) is 16.1. The molecule has 156 valence electrons. The number of carbonyl (C=O) groups excluding carboxylic acids is 1. The van der Waals surface area contributed by atoms with Crippen molar-refractivity contribution in [1.82, 2.24) is 0 Å². The Balaban J connectivity index is 1.90. The summed E-state index contributed by atoms with van der Waals surface area (Å²) in [6, 6.07) is 18.3. The molecule has 0 atom stereocenters. The summed E-state index contributed by atoms with van der Waals surface area (Å²) in [5.41, 5.74) is 0.776. The topological polar surface area (TPSA) is 75.7 Å². The average molecular weight is 465 g/mol. The van der Waals surface area contributed by atoms with Crippen molar-refractivity contribution in [3.8, 4) is 11.5 Å². The largest absolute Gasteiger partial charge is 0.455 e. The van der Waals surface area contributed by atoms with Crippen molar-refractivity contribution in [2.75, 3.05) is 22.9 Å². The van der Waals surface area contributed by atoms with E-state index >= 15 is 0 Å². The summed E-state index contributed by atoms with van der Waals surface area (Å²) in [5, 5.41) is 3.37. The molecule has 3 rings (SSSR count). The zero-order valence-corrected chi connectivity index (χ0v) is 18.4. The second kappa shape index (κ2) is 8.95. The normalized spacial score (nSPS) is 11.1. The minimum absolute atomic E-state index is 0.193. The van der Waals surface area contributed by atoms with Crippen molar-refractivity contribution in [3.05, 3.63) is 82.3 Å². The van der Waals surface area contributed by atoms with Gasteiger partial charge in [-0.15, -0.1) is 0 Å². The molecule has 0 unspecified atom stereocenters. The number of rotatable bonds is 6. The lowest BCUT2D eigenvalue weighted by Crippen LogP contribution is -2.25.